The minimum atomic E-state index is -3.68. The molecule has 0 N–H and O–H groups in total. The van der Waals surface area contributed by atoms with Gasteiger partial charge in [0.25, 0.3) is 10.0 Å². The summed E-state index contributed by atoms with van der Waals surface area (Å²) in [5, 5.41) is 0. The molecule has 1 aliphatic heterocycles. The maximum absolute atomic E-state index is 13.2. The van der Waals surface area contributed by atoms with Crippen LogP contribution in [0.2, 0.25) is 0 Å². The topological polar surface area (TPSA) is 46.6 Å². The lowest BCUT2D eigenvalue weighted by Gasteiger charge is -2.32. The maximum atomic E-state index is 13.2. The van der Waals surface area contributed by atoms with Crippen molar-refractivity contribution in [2.24, 2.45) is 0 Å². The van der Waals surface area contributed by atoms with Crippen molar-refractivity contribution in [3.05, 3.63) is 65.9 Å². The minimum absolute atomic E-state index is 0.246. The van der Waals surface area contributed by atoms with E-state index in [1.807, 2.05) is 44.2 Å². The van der Waals surface area contributed by atoms with Crippen LogP contribution in [0.4, 0.5) is 5.69 Å². The van der Waals surface area contributed by atoms with E-state index < -0.39 is 10.0 Å². The predicted octanol–water partition coefficient (Wildman–Crippen LogP) is 3.88. The molecule has 0 aromatic heterocycles. The largest absolute Gasteiger partial charge is 0.485 e. The molecule has 3 rings (SSSR count). The van der Waals surface area contributed by atoms with Gasteiger partial charge in [-0.25, -0.2) is 12.7 Å². The van der Waals surface area contributed by atoms with Crippen LogP contribution in [-0.4, -0.2) is 15.0 Å². The number of aryl methyl sites for hydroxylation is 1. The first-order valence-electron chi connectivity index (χ1n) is 7.57. The van der Waals surface area contributed by atoms with Gasteiger partial charge in [0.2, 0.25) is 0 Å². The second-order valence-corrected chi connectivity index (χ2v) is 7.23. The van der Waals surface area contributed by atoms with Gasteiger partial charge in [0.1, 0.15) is 12.4 Å². The van der Waals surface area contributed by atoms with Crippen LogP contribution in [0.15, 0.2) is 65.2 Å². The summed E-state index contributed by atoms with van der Waals surface area (Å²) in [4.78, 5) is 0.279. The zero-order valence-corrected chi connectivity index (χ0v) is 14.0. The monoisotopic (exact) mass is 329 g/mol. The summed E-state index contributed by atoms with van der Waals surface area (Å²) in [6, 6.07) is 14.1. The van der Waals surface area contributed by atoms with Crippen molar-refractivity contribution in [3.8, 4) is 5.75 Å². The second-order valence-electron chi connectivity index (χ2n) is 5.44. The summed E-state index contributed by atoms with van der Waals surface area (Å²) < 4.78 is 33.4. The highest BCUT2D eigenvalue weighted by atomic mass is 32.2. The van der Waals surface area contributed by atoms with E-state index in [0.717, 1.165) is 12.0 Å². The van der Waals surface area contributed by atoms with Crippen LogP contribution in [-0.2, 0) is 10.0 Å². The van der Waals surface area contributed by atoms with Crippen molar-refractivity contribution in [2.75, 3.05) is 10.9 Å². The van der Waals surface area contributed by atoms with E-state index in [4.69, 9.17) is 4.74 Å². The highest BCUT2D eigenvalue weighted by molar-refractivity contribution is 7.93. The van der Waals surface area contributed by atoms with Crippen LogP contribution < -0.4 is 9.04 Å². The zero-order valence-electron chi connectivity index (χ0n) is 13.2. The molecule has 1 heterocycles. The first-order chi connectivity index (χ1) is 11.0. The van der Waals surface area contributed by atoms with Gasteiger partial charge in [0.05, 0.1) is 16.3 Å². The Kier molecular flexibility index (Phi) is 4.13. The number of ether oxygens (including phenoxy) is 1. The number of rotatable bonds is 3. The molecule has 5 heteroatoms. The number of anilines is 1. The van der Waals surface area contributed by atoms with Crippen molar-refractivity contribution >= 4 is 15.7 Å². The molecule has 0 radical (unpaired) electrons. The molecule has 0 saturated carbocycles. The fraction of sp³-hybridized carbons (Fsp3) is 0.222. The van der Waals surface area contributed by atoms with E-state index in [1.165, 1.54) is 4.31 Å². The fourth-order valence-electron chi connectivity index (χ4n) is 2.59. The number of hydrogen-bond acceptors (Lipinski definition) is 3. The van der Waals surface area contributed by atoms with E-state index in [1.54, 1.807) is 24.3 Å². The van der Waals surface area contributed by atoms with Gasteiger partial charge in [-0.15, -0.1) is 0 Å². The van der Waals surface area contributed by atoms with Crippen molar-refractivity contribution < 1.29 is 13.2 Å². The van der Waals surface area contributed by atoms with E-state index in [0.29, 0.717) is 17.1 Å². The van der Waals surface area contributed by atoms with Crippen LogP contribution in [0.3, 0.4) is 0 Å². The lowest BCUT2D eigenvalue weighted by atomic mass is 10.2. The Balaban J connectivity index is 2.17. The summed E-state index contributed by atoms with van der Waals surface area (Å²) in [5.41, 5.74) is 2.22. The van der Waals surface area contributed by atoms with Crippen molar-refractivity contribution in [3.63, 3.8) is 0 Å². The SMILES string of the molecule is CC/C=C1/COc2ccccc2N1S(=O)(=O)c1ccc(C)cc1. The quantitative estimate of drug-likeness (QED) is 0.858. The third-order valence-electron chi connectivity index (χ3n) is 3.72. The molecule has 120 valence electrons. The molecule has 2 aromatic rings. The van der Waals surface area contributed by atoms with Crippen molar-refractivity contribution in [1.82, 2.24) is 0 Å². The second kappa shape index (κ2) is 6.08. The van der Waals surface area contributed by atoms with Crippen LogP contribution in [0.25, 0.3) is 0 Å². The summed E-state index contributed by atoms with van der Waals surface area (Å²) in [6.07, 6.45) is 2.63. The Morgan fingerprint density at radius 2 is 1.83 bits per heavy atom. The molecule has 0 spiro atoms. The Hall–Kier alpha value is -2.27. The summed E-state index contributed by atoms with van der Waals surface area (Å²) >= 11 is 0. The highest BCUT2D eigenvalue weighted by Gasteiger charge is 2.33. The molecular weight excluding hydrogens is 310 g/mol. The molecule has 23 heavy (non-hydrogen) atoms. The first-order valence-corrected chi connectivity index (χ1v) is 9.01. The molecule has 1 aliphatic rings. The zero-order chi connectivity index (χ0) is 16.4. The average molecular weight is 329 g/mol. The number of para-hydroxylation sites is 2. The number of allylic oxidation sites excluding steroid dienone is 1. The van der Waals surface area contributed by atoms with Crippen molar-refractivity contribution in [1.29, 1.82) is 0 Å². The number of sulfonamides is 1. The van der Waals surface area contributed by atoms with Gasteiger partial charge in [-0.05, 0) is 37.6 Å². The van der Waals surface area contributed by atoms with Crippen LogP contribution >= 0.6 is 0 Å². The van der Waals surface area contributed by atoms with Gasteiger partial charge in [-0.2, -0.15) is 0 Å². The lowest BCUT2D eigenvalue weighted by molar-refractivity contribution is 0.340. The Morgan fingerprint density at radius 1 is 1.13 bits per heavy atom. The number of benzene rings is 2. The predicted molar refractivity (Wildman–Crippen MR) is 91.2 cm³/mol. The Morgan fingerprint density at radius 3 is 2.52 bits per heavy atom. The first kappa shape index (κ1) is 15.6. The molecule has 0 aliphatic carbocycles. The Labute approximate surface area is 137 Å². The lowest BCUT2D eigenvalue weighted by Crippen LogP contribution is -2.36. The van der Waals surface area contributed by atoms with Crippen LogP contribution in [0.5, 0.6) is 5.75 Å². The van der Waals surface area contributed by atoms with Gasteiger partial charge in [0, 0.05) is 0 Å². The summed E-state index contributed by atoms with van der Waals surface area (Å²) in [7, 11) is -3.68. The van der Waals surface area contributed by atoms with Crippen molar-refractivity contribution in [2.45, 2.75) is 25.2 Å². The third-order valence-corrected chi connectivity index (χ3v) is 5.50. The molecule has 0 bridgehead atoms. The molecule has 0 atom stereocenters. The summed E-state index contributed by atoms with van der Waals surface area (Å²) in [6.45, 7) is 4.16. The van der Waals surface area contributed by atoms with E-state index in [9.17, 15) is 8.42 Å². The van der Waals surface area contributed by atoms with E-state index >= 15 is 0 Å². The van der Waals surface area contributed by atoms with Crippen LogP contribution in [0.1, 0.15) is 18.9 Å². The molecule has 2 aromatic carbocycles. The molecule has 0 amide bonds. The molecule has 4 nitrogen and oxygen atoms in total. The normalized spacial score (nSPS) is 16.1. The molecule has 0 saturated heterocycles. The van der Waals surface area contributed by atoms with Gasteiger partial charge < -0.3 is 4.74 Å². The standard InChI is InChI=1S/C18H19NO3S/c1-3-6-15-13-22-18-8-5-4-7-17(18)19(15)23(20,21)16-11-9-14(2)10-12-16/h4-12H,3,13H2,1-2H3/b15-6-. The van der Waals surface area contributed by atoms with E-state index in [-0.39, 0.29) is 11.5 Å². The third kappa shape index (κ3) is 2.84. The fourth-order valence-corrected chi connectivity index (χ4v) is 4.13. The molecular formula is C18H19NO3S. The Bertz CT molecular complexity index is 839. The number of fused-ring (bicyclic) bond motifs is 1. The molecule has 0 unspecified atom stereocenters. The average Bonchev–Trinajstić information content (AvgIpc) is 2.55. The summed E-state index contributed by atoms with van der Waals surface area (Å²) in [5.74, 6) is 0.580. The van der Waals surface area contributed by atoms with Crippen LogP contribution in [0, 0.1) is 6.92 Å². The highest BCUT2D eigenvalue weighted by Crippen LogP contribution is 2.39. The number of nitrogens with zero attached hydrogens (tertiary/aromatic N) is 1. The minimum Gasteiger partial charge on any atom is -0.485 e. The van der Waals surface area contributed by atoms with Gasteiger partial charge in [0.15, 0.2) is 0 Å². The number of hydrogen-bond donors (Lipinski definition) is 0. The van der Waals surface area contributed by atoms with Gasteiger partial charge in [-0.3, -0.25) is 0 Å². The molecule has 0 fully saturated rings. The maximum Gasteiger partial charge on any atom is 0.268 e. The van der Waals surface area contributed by atoms with Gasteiger partial charge >= 0.3 is 0 Å². The van der Waals surface area contributed by atoms with Gasteiger partial charge in [-0.1, -0.05) is 42.8 Å². The smallest absolute Gasteiger partial charge is 0.268 e. The van der Waals surface area contributed by atoms with E-state index in [2.05, 4.69) is 0 Å².